The van der Waals surface area contributed by atoms with Crippen LogP contribution in [0.25, 0.3) is 77.2 Å². The van der Waals surface area contributed by atoms with E-state index in [1.54, 1.807) is 11.1 Å². The van der Waals surface area contributed by atoms with Crippen molar-refractivity contribution >= 4 is 43.6 Å². The van der Waals surface area contributed by atoms with Crippen LogP contribution in [0.3, 0.4) is 0 Å². The maximum atomic E-state index is 2.50. The standard InChI is InChI=1S/C58H46N2/c1-5-19-53-49(15-1)50-16-2-6-20-54(50)59(53)47-13-9-11-43(32-47)41-23-27-45(28-24-41)57-34-39-31-40(35-57)37-58(36-39,38-57)46-29-25-42(26-30-46)44-12-10-14-48(33-44)60-55-21-7-3-17-51(55)52-18-4-8-22-56(52)60/h1-30,32-33,39-40H,31,34-38H2. The normalized spacial score (nSPS) is 22.1. The molecule has 8 aromatic carbocycles. The van der Waals surface area contributed by atoms with Crippen LogP contribution in [0.1, 0.15) is 49.7 Å². The Morgan fingerprint density at radius 3 is 1.05 bits per heavy atom. The van der Waals surface area contributed by atoms with Crippen LogP contribution in [0.15, 0.2) is 194 Å². The van der Waals surface area contributed by atoms with Crippen LogP contribution in [0.2, 0.25) is 0 Å². The number of nitrogens with zero attached hydrogens (tertiary/aromatic N) is 2. The van der Waals surface area contributed by atoms with E-state index in [2.05, 4.69) is 203 Å². The Labute approximate surface area is 351 Å². The number of hydrogen-bond donors (Lipinski definition) is 0. The van der Waals surface area contributed by atoms with E-state index in [0.717, 1.165) is 11.8 Å². The molecule has 0 unspecified atom stereocenters. The van der Waals surface area contributed by atoms with Crippen LogP contribution in [-0.4, -0.2) is 9.13 Å². The SMILES string of the molecule is c1cc(-c2ccc(C34CC5CC(C3)CC(c3ccc(-c6cccc(-n7c8ccccc8c8ccccc87)c6)cc3)(C5)C4)cc2)cc(-n2c3ccccc3c3ccccc32)c1. The minimum atomic E-state index is 0.253. The first-order chi connectivity index (χ1) is 29.6. The maximum absolute atomic E-state index is 2.50. The minimum absolute atomic E-state index is 0.253. The molecule has 0 N–H and O–H groups in total. The lowest BCUT2D eigenvalue weighted by atomic mass is 9.41. The Balaban J connectivity index is 0.804. The highest BCUT2D eigenvalue weighted by atomic mass is 15.0. The molecule has 60 heavy (non-hydrogen) atoms. The van der Waals surface area contributed by atoms with Gasteiger partial charge in [-0.25, -0.2) is 0 Å². The summed E-state index contributed by atoms with van der Waals surface area (Å²) in [4.78, 5) is 0. The molecule has 2 heteroatoms. The molecule has 0 atom stereocenters. The second-order valence-electron chi connectivity index (χ2n) is 18.5. The second kappa shape index (κ2) is 12.9. The van der Waals surface area contributed by atoms with Crippen molar-refractivity contribution in [3.05, 3.63) is 205 Å². The highest BCUT2D eigenvalue weighted by Gasteiger charge is 2.58. The molecule has 288 valence electrons. The number of rotatable bonds is 6. The van der Waals surface area contributed by atoms with Crippen molar-refractivity contribution < 1.29 is 0 Å². The average Bonchev–Trinajstić information content (AvgIpc) is 3.82. The van der Waals surface area contributed by atoms with Crippen molar-refractivity contribution in [2.24, 2.45) is 11.8 Å². The van der Waals surface area contributed by atoms with E-state index in [1.165, 1.54) is 116 Å². The number of benzene rings is 8. The lowest BCUT2D eigenvalue weighted by Crippen LogP contribution is -2.55. The molecule has 2 aromatic heterocycles. The van der Waals surface area contributed by atoms with Gasteiger partial charge >= 0.3 is 0 Å². The molecule has 4 fully saturated rings. The Morgan fingerprint density at radius 1 is 0.333 bits per heavy atom. The van der Waals surface area contributed by atoms with Gasteiger partial charge in [-0.1, -0.05) is 146 Å². The molecule has 4 aliphatic rings. The number of fused-ring (bicyclic) bond motifs is 6. The second-order valence-corrected chi connectivity index (χ2v) is 18.5. The molecule has 4 saturated carbocycles. The summed E-state index contributed by atoms with van der Waals surface area (Å²) in [5, 5.41) is 5.20. The molecular weight excluding hydrogens is 725 g/mol. The quantitative estimate of drug-likeness (QED) is 0.159. The van der Waals surface area contributed by atoms with E-state index < -0.39 is 0 Å². The third-order valence-corrected chi connectivity index (χ3v) is 15.1. The summed E-state index contributed by atoms with van der Waals surface area (Å²) in [5.74, 6) is 1.60. The van der Waals surface area contributed by atoms with Gasteiger partial charge in [0.25, 0.3) is 0 Å². The zero-order chi connectivity index (χ0) is 39.4. The van der Waals surface area contributed by atoms with Crippen molar-refractivity contribution in [1.82, 2.24) is 9.13 Å². The molecule has 0 amide bonds. The zero-order valence-corrected chi connectivity index (χ0v) is 33.8. The monoisotopic (exact) mass is 770 g/mol. The van der Waals surface area contributed by atoms with Crippen molar-refractivity contribution in [2.45, 2.75) is 49.4 Å². The maximum Gasteiger partial charge on any atom is 0.0541 e. The first-order valence-corrected chi connectivity index (χ1v) is 22.0. The number of para-hydroxylation sites is 4. The summed E-state index contributed by atoms with van der Waals surface area (Å²) >= 11 is 0. The summed E-state index contributed by atoms with van der Waals surface area (Å²) in [6.07, 6.45) is 8.01. The summed E-state index contributed by atoms with van der Waals surface area (Å²) in [7, 11) is 0. The van der Waals surface area contributed by atoms with Gasteiger partial charge in [0.1, 0.15) is 0 Å². The lowest BCUT2D eigenvalue weighted by molar-refractivity contribution is -0.0281. The van der Waals surface area contributed by atoms with E-state index in [9.17, 15) is 0 Å². The predicted molar refractivity (Wildman–Crippen MR) is 250 cm³/mol. The molecule has 2 heterocycles. The Hall–Kier alpha value is -6.64. The molecule has 0 aliphatic heterocycles. The topological polar surface area (TPSA) is 9.86 Å². The summed E-state index contributed by atoms with van der Waals surface area (Å²) in [6.45, 7) is 0. The molecule has 4 aliphatic carbocycles. The first-order valence-electron chi connectivity index (χ1n) is 22.0. The summed E-state index contributed by atoms with van der Waals surface area (Å²) in [6, 6.07) is 73.0. The lowest BCUT2D eigenvalue weighted by Gasteiger charge is -2.63. The largest absolute Gasteiger partial charge is 0.309 e. The van der Waals surface area contributed by atoms with Crippen LogP contribution >= 0.6 is 0 Å². The van der Waals surface area contributed by atoms with E-state index >= 15 is 0 Å². The molecule has 10 aromatic rings. The van der Waals surface area contributed by atoms with Gasteiger partial charge in [0.15, 0.2) is 0 Å². The Bertz CT molecular complexity index is 2950. The molecule has 0 saturated heterocycles. The van der Waals surface area contributed by atoms with E-state index in [0.29, 0.717) is 0 Å². The van der Waals surface area contributed by atoms with Crippen LogP contribution in [-0.2, 0) is 10.8 Å². The molecule has 0 radical (unpaired) electrons. The molecule has 2 nitrogen and oxygen atoms in total. The van der Waals surface area contributed by atoms with E-state index in [-0.39, 0.29) is 10.8 Å². The van der Waals surface area contributed by atoms with Gasteiger partial charge in [-0.2, -0.15) is 0 Å². The van der Waals surface area contributed by atoms with Gasteiger partial charge in [-0.05, 0) is 143 Å². The first kappa shape index (κ1) is 34.2. The minimum Gasteiger partial charge on any atom is -0.309 e. The fourth-order valence-corrected chi connectivity index (χ4v) is 13.0. The molecular formula is C58H46N2. The van der Waals surface area contributed by atoms with Gasteiger partial charge in [0.2, 0.25) is 0 Å². The zero-order valence-electron chi connectivity index (χ0n) is 33.8. The van der Waals surface area contributed by atoms with Gasteiger partial charge < -0.3 is 9.13 Å². The molecule has 14 rings (SSSR count). The van der Waals surface area contributed by atoms with Crippen LogP contribution < -0.4 is 0 Å². The van der Waals surface area contributed by atoms with Gasteiger partial charge in [-0.3, -0.25) is 0 Å². The van der Waals surface area contributed by atoms with Crippen molar-refractivity contribution in [1.29, 1.82) is 0 Å². The van der Waals surface area contributed by atoms with Crippen LogP contribution in [0, 0.1) is 11.8 Å². The van der Waals surface area contributed by atoms with Gasteiger partial charge in [-0.15, -0.1) is 0 Å². The third-order valence-electron chi connectivity index (χ3n) is 15.1. The van der Waals surface area contributed by atoms with Gasteiger partial charge in [0, 0.05) is 32.9 Å². The Morgan fingerprint density at radius 2 is 0.683 bits per heavy atom. The Kier molecular flexibility index (Phi) is 7.38. The number of aromatic nitrogens is 2. The van der Waals surface area contributed by atoms with Crippen molar-refractivity contribution in [3.63, 3.8) is 0 Å². The van der Waals surface area contributed by atoms with E-state index in [1.807, 2.05) is 0 Å². The van der Waals surface area contributed by atoms with Crippen LogP contribution in [0.5, 0.6) is 0 Å². The summed E-state index contributed by atoms with van der Waals surface area (Å²) < 4.78 is 4.85. The molecule has 0 spiro atoms. The fraction of sp³-hybridized carbons (Fsp3) is 0.172. The van der Waals surface area contributed by atoms with Crippen molar-refractivity contribution in [2.75, 3.05) is 0 Å². The summed E-state index contributed by atoms with van der Waals surface area (Å²) in [5.41, 5.74) is 16.2. The highest BCUT2D eigenvalue weighted by Crippen LogP contribution is 2.66. The number of hydrogen-bond acceptors (Lipinski definition) is 0. The highest BCUT2D eigenvalue weighted by molar-refractivity contribution is 6.10. The third kappa shape index (κ3) is 5.13. The van der Waals surface area contributed by atoms with E-state index in [4.69, 9.17) is 0 Å². The average molecular weight is 771 g/mol. The molecule has 4 bridgehead atoms. The predicted octanol–water partition coefficient (Wildman–Crippen LogP) is 15.0. The van der Waals surface area contributed by atoms with Crippen molar-refractivity contribution in [3.8, 4) is 33.6 Å². The fourth-order valence-electron chi connectivity index (χ4n) is 13.0. The smallest absolute Gasteiger partial charge is 0.0541 e. The van der Waals surface area contributed by atoms with Crippen LogP contribution in [0.4, 0.5) is 0 Å². The van der Waals surface area contributed by atoms with Gasteiger partial charge in [0.05, 0.1) is 22.1 Å².